The van der Waals surface area contributed by atoms with E-state index in [1.54, 1.807) is 44.0 Å². The molecule has 0 unspecified atom stereocenters. The zero-order valence-corrected chi connectivity index (χ0v) is 15.7. The van der Waals surface area contributed by atoms with E-state index in [4.69, 9.17) is 0 Å². The monoisotopic (exact) mass is 373 g/mol. The van der Waals surface area contributed by atoms with Gasteiger partial charge in [0, 0.05) is 33.2 Å². The lowest BCUT2D eigenvalue weighted by Gasteiger charge is -2.23. The van der Waals surface area contributed by atoms with Crippen molar-refractivity contribution in [2.24, 2.45) is 7.05 Å². The first-order valence-electron chi connectivity index (χ1n) is 8.87. The number of carbonyl (C=O) groups is 2. The average molecular weight is 373 g/mol. The van der Waals surface area contributed by atoms with Crippen LogP contribution in [-0.2, 0) is 18.4 Å². The van der Waals surface area contributed by atoms with Crippen LogP contribution in [-0.4, -0.2) is 51.9 Å². The van der Waals surface area contributed by atoms with Crippen molar-refractivity contribution in [1.82, 2.24) is 25.1 Å². The van der Waals surface area contributed by atoms with E-state index in [-0.39, 0.29) is 29.7 Å². The van der Waals surface area contributed by atoms with Gasteiger partial charge in [-0.15, -0.1) is 0 Å². The summed E-state index contributed by atoms with van der Waals surface area (Å²) >= 11 is 0. The molecule has 27 heavy (non-hydrogen) atoms. The first kappa shape index (κ1) is 19.0. The van der Waals surface area contributed by atoms with Crippen molar-refractivity contribution in [2.75, 3.05) is 13.6 Å². The molecule has 1 aliphatic heterocycles. The van der Waals surface area contributed by atoms with Gasteiger partial charge in [0.1, 0.15) is 11.5 Å². The fourth-order valence-electron chi connectivity index (χ4n) is 3.50. The lowest BCUT2D eigenvalue weighted by Crippen LogP contribution is -2.41. The number of halogens is 1. The molecule has 3 rings (SSSR count). The molecule has 1 aliphatic rings. The highest BCUT2D eigenvalue weighted by Gasteiger charge is 2.37. The molecule has 2 N–H and O–H groups in total. The second kappa shape index (κ2) is 7.87. The third-order valence-electron chi connectivity index (χ3n) is 4.95. The molecule has 8 heteroatoms. The molecule has 1 aromatic heterocycles. The number of carbonyl (C=O) groups excluding carboxylic acids is 2. The molecule has 0 saturated carbocycles. The Kier molecular flexibility index (Phi) is 5.55. The topological polar surface area (TPSA) is 79.3 Å². The molecule has 2 amide bonds. The Hall–Kier alpha value is -2.74. The maximum absolute atomic E-state index is 13.5. The third kappa shape index (κ3) is 4.16. The quantitative estimate of drug-likeness (QED) is 0.819. The largest absolute Gasteiger partial charge is 0.358 e. The van der Waals surface area contributed by atoms with Gasteiger partial charge >= 0.3 is 0 Å². The highest BCUT2D eigenvalue weighted by atomic mass is 19.1. The summed E-state index contributed by atoms with van der Waals surface area (Å²) in [6.45, 7) is 2.77. The van der Waals surface area contributed by atoms with E-state index in [1.165, 1.54) is 12.3 Å². The van der Waals surface area contributed by atoms with Gasteiger partial charge in [0.15, 0.2) is 0 Å². The minimum absolute atomic E-state index is 0.0916. The molecule has 0 spiro atoms. The van der Waals surface area contributed by atoms with Gasteiger partial charge < -0.3 is 15.2 Å². The second-order valence-corrected chi connectivity index (χ2v) is 6.94. The Bertz CT molecular complexity index is 850. The minimum Gasteiger partial charge on any atom is -0.358 e. The number of benzene rings is 1. The first-order valence-corrected chi connectivity index (χ1v) is 8.87. The van der Waals surface area contributed by atoms with Crippen LogP contribution < -0.4 is 10.6 Å². The Morgan fingerprint density at radius 3 is 2.78 bits per heavy atom. The molecule has 144 valence electrons. The summed E-state index contributed by atoms with van der Waals surface area (Å²) in [4.78, 5) is 30.7. The number of likely N-dealkylation sites (N-methyl/N-ethyl adjacent to an activating group) is 1. The van der Waals surface area contributed by atoms with Gasteiger partial charge in [-0.1, -0.05) is 12.1 Å². The predicted octanol–water partition coefficient (Wildman–Crippen LogP) is 0.987. The van der Waals surface area contributed by atoms with Crippen LogP contribution in [0.4, 0.5) is 4.39 Å². The fourth-order valence-corrected chi connectivity index (χ4v) is 3.50. The molecular formula is C19H24FN5O2. The molecule has 0 radical (unpaired) electrons. The molecule has 0 bridgehead atoms. The minimum atomic E-state index is -0.350. The maximum atomic E-state index is 13.5. The van der Waals surface area contributed by atoms with E-state index in [9.17, 15) is 14.0 Å². The van der Waals surface area contributed by atoms with Gasteiger partial charge in [-0.2, -0.15) is 0 Å². The van der Waals surface area contributed by atoms with Crippen LogP contribution in [0.3, 0.4) is 0 Å². The number of hydrogen-bond acceptors (Lipinski definition) is 4. The number of imidazole rings is 1. The van der Waals surface area contributed by atoms with E-state index in [0.717, 1.165) is 5.56 Å². The number of rotatable bonds is 5. The molecule has 0 aliphatic carbocycles. The Labute approximate surface area is 157 Å². The number of amides is 2. The fraction of sp³-hybridized carbons (Fsp3) is 0.421. The van der Waals surface area contributed by atoms with Gasteiger partial charge in [-0.25, -0.2) is 9.37 Å². The van der Waals surface area contributed by atoms with Crippen LogP contribution in [0, 0.1) is 12.7 Å². The zero-order chi connectivity index (χ0) is 19.6. The summed E-state index contributed by atoms with van der Waals surface area (Å²) in [5.74, 6) is -0.550. The van der Waals surface area contributed by atoms with Crippen molar-refractivity contribution in [1.29, 1.82) is 0 Å². The van der Waals surface area contributed by atoms with Gasteiger partial charge in [-0.3, -0.25) is 14.5 Å². The maximum Gasteiger partial charge on any atom is 0.269 e. The van der Waals surface area contributed by atoms with E-state index >= 15 is 0 Å². The summed E-state index contributed by atoms with van der Waals surface area (Å²) in [5, 5.41) is 5.67. The number of hydrogen-bond donors (Lipinski definition) is 2. The summed E-state index contributed by atoms with van der Waals surface area (Å²) < 4.78 is 15.2. The van der Waals surface area contributed by atoms with E-state index in [0.29, 0.717) is 30.8 Å². The Morgan fingerprint density at radius 2 is 2.15 bits per heavy atom. The van der Waals surface area contributed by atoms with Gasteiger partial charge in [0.2, 0.25) is 5.91 Å². The smallest absolute Gasteiger partial charge is 0.269 e. The van der Waals surface area contributed by atoms with E-state index in [2.05, 4.69) is 15.6 Å². The number of nitrogens with zero attached hydrogens (tertiary/aromatic N) is 3. The number of aromatic nitrogens is 2. The summed E-state index contributed by atoms with van der Waals surface area (Å²) in [7, 11) is 3.36. The molecular weight excluding hydrogens is 349 g/mol. The van der Waals surface area contributed by atoms with Crippen LogP contribution in [0.2, 0.25) is 0 Å². The Morgan fingerprint density at radius 1 is 1.37 bits per heavy atom. The molecule has 1 saturated heterocycles. The van der Waals surface area contributed by atoms with Crippen molar-refractivity contribution in [3.63, 3.8) is 0 Å². The van der Waals surface area contributed by atoms with Gasteiger partial charge in [0.05, 0.1) is 18.6 Å². The van der Waals surface area contributed by atoms with E-state index < -0.39 is 0 Å². The van der Waals surface area contributed by atoms with Crippen LogP contribution in [0.5, 0.6) is 0 Å². The molecule has 7 nitrogen and oxygen atoms in total. The SMILES string of the molecule is CNC(=O)[C@@H]1C[C@@H](NC(=O)c2cncn2C)CN1Cc1ccc(F)c(C)c1. The summed E-state index contributed by atoms with van der Waals surface area (Å²) in [6.07, 6.45) is 3.60. The number of nitrogens with one attached hydrogen (secondary N) is 2. The molecule has 2 atom stereocenters. The van der Waals surface area contributed by atoms with Crippen molar-refractivity contribution < 1.29 is 14.0 Å². The lowest BCUT2D eigenvalue weighted by molar-refractivity contribution is -0.125. The van der Waals surface area contributed by atoms with Gasteiger partial charge in [0.25, 0.3) is 5.91 Å². The normalized spacial score (nSPS) is 19.9. The van der Waals surface area contributed by atoms with E-state index in [1.807, 2.05) is 4.90 Å². The third-order valence-corrected chi connectivity index (χ3v) is 4.95. The predicted molar refractivity (Wildman–Crippen MR) is 98.5 cm³/mol. The summed E-state index contributed by atoms with van der Waals surface area (Å²) in [5.41, 5.74) is 1.98. The Balaban J connectivity index is 1.72. The van der Waals surface area contributed by atoms with Crippen LogP contribution in [0.25, 0.3) is 0 Å². The number of likely N-dealkylation sites (tertiary alicyclic amines) is 1. The number of aryl methyl sites for hydroxylation is 2. The van der Waals surface area contributed by atoms with Crippen LogP contribution in [0.15, 0.2) is 30.7 Å². The highest BCUT2D eigenvalue weighted by Crippen LogP contribution is 2.22. The highest BCUT2D eigenvalue weighted by molar-refractivity contribution is 5.92. The molecule has 1 fully saturated rings. The van der Waals surface area contributed by atoms with Crippen molar-refractivity contribution in [3.05, 3.63) is 53.4 Å². The second-order valence-electron chi connectivity index (χ2n) is 6.94. The standard InChI is InChI=1S/C19H24FN5O2/c1-12-6-13(4-5-15(12)20)9-25-10-14(7-16(25)18(26)21-2)23-19(27)17-8-22-11-24(17)3/h4-6,8,11,14,16H,7,9-10H2,1-3H3,(H,21,26)(H,23,27)/t14-,16+/m1/s1. The van der Waals surface area contributed by atoms with Crippen LogP contribution in [0.1, 0.15) is 28.0 Å². The average Bonchev–Trinajstić information content (AvgIpc) is 3.23. The van der Waals surface area contributed by atoms with Crippen molar-refractivity contribution in [2.45, 2.75) is 32.0 Å². The van der Waals surface area contributed by atoms with Crippen LogP contribution >= 0.6 is 0 Å². The van der Waals surface area contributed by atoms with Crippen molar-refractivity contribution >= 4 is 11.8 Å². The molecule has 2 aromatic rings. The zero-order valence-electron chi connectivity index (χ0n) is 15.7. The first-order chi connectivity index (χ1) is 12.9. The summed E-state index contributed by atoms with van der Waals surface area (Å²) in [6, 6.07) is 4.45. The van der Waals surface area contributed by atoms with Crippen molar-refractivity contribution in [3.8, 4) is 0 Å². The lowest BCUT2D eigenvalue weighted by atomic mass is 10.1. The van der Waals surface area contributed by atoms with Gasteiger partial charge in [-0.05, 0) is 30.5 Å². The molecule has 1 aromatic carbocycles. The molecule has 2 heterocycles.